The summed E-state index contributed by atoms with van der Waals surface area (Å²) >= 11 is 7.81. The SMILES string of the molecule is COc1ccc(N2C(=O)NC(c3ccc(F)cc3)C(c3nc(-c4cccs4)no3)=C2C)cc1Cl. The summed E-state index contributed by atoms with van der Waals surface area (Å²) in [6, 6.07) is 13.8. The summed E-state index contributed by atoms with van der Waals surface area (Å²) in [5, 5.41) is 9.39. The van der Waals surface area contributed by atoms with E-state index in [1.807, 2.05) is 17.5 Å². The number of methoxy groups -OCH3 is 1. The summed E-state index contributed by atoms with van der Waals surface area (Å²) < 4.78 is 24.5. The lowest BCUT2D eigenvalue weighted by Crippen LogP contribution is -2.46. The predicted octanol–water partition coefficient (Wildman–Crippen LogP) is 6.30. The maximum absolute atomic E-state index is 13.6. The zero-order valence-electron chi connectivity index (χ0n) is 18.1. The molecule has 0 spiro atoms. The molecule has 10 heteroatoms. The van der Waals surface area contributed by atoms with Crippen LogP contribution in [-0.2, 0) is 0 Å². The maximum Gasteiger partial charge on any atom is 0.326 e. The molecule has 0 fully saturated rings. The minimum absolute atomic E-state index is 0.250. The molecule has 172 valence electrons. The summed E-state index contributed by atoms with van der Waals surface area (Å²) in [7, 11) is 1.52. The number of ether oxygens (including phenoxy) is 1. The van der Waals surface area contributed by atoms with Gasteiger partial charge in [0.15, 0.2) is 0 Å². The molecule has 4 aromatic rings. The fourth-order valence-electron chi connectivity index (χ4n) is 3.87. The van der Waals surface area contributed by atoms with Crippen LogP contribution in [0.2, 0.25) is 5.02 Å². The number of nitrogens with one attached hydrogen (secondary N) is 1. The van der Waals surface area contributed by atoms with Crippen LogP contribution in [-0.4, -0.2) is 23.3 Å². The molecule has 7 nitrogen and oxygen atoms in total. The number of carbonyl (C=O) groups excluding carboxylic acids is 1. The molecule has 1 atom stereocenters. The van der Waals surface area contributed by atoms with E-state index in [1.165, 1.54) is 35.5 Å². The Kier molecular flexibility index (Phi) is 5.80. The van der Waals surface area contributed by atoms with Crippen LogP contribution in [0, 0.1) is 5.82 Å². The lowest BCUT2D eigenvalue weighted by atomic mass is 9.94. The highest BCUT2D eigenvalue weighted by molar-refractivity contribution is 7.13. The summed E-state index contributed by atoms with van der Waals surface area (Å²) in [6.07, 6.45) is 0. The van der Waals surface area contributed by atoms with Crippen LogP contribution in [0.1, 0.15) is 24.4 Å². The van der Waals surface area contributed by atoms with E-state index < -0.39 is 6.04 Å². The highest BCUT2D eigenvalue weighted by Gasteiger charge is 2.36. The Morgan fingerprint density at radius 2 is 2.00 bits per heavy atom. The van der Waals surface area contributed by atoms with Crippen molar-refractivity contribution in [1.29, 1.82) is 0 Å². The molecular formula is C24H18ClFN4O3S. The Morgan fingerprint density at radius 3 is 2.68 bits per heavy atom. The minimum atomic E-state index is -0.630. The summed E-state index contributed by atoms with van der Waals surface area (Å²) in [4.78, 5) is 20.2. The van der Waals surface area contributed by atoms with Gasteiger partial charge in [0.2, 0.25) is 5.82 Å². The van der Waals surface area contributed by atoms with Gasteiger partial charge in [-0.05, 0) is 54.3 Å². The van der Waals surface area contributed by atoms with Gasteiger partial charge in [-0.25, -0.2) is 9.18 Å². The van der Waals surface area contributed by atoms with Crippen molar-refractivity contribution in [3.05, 3.63) is 88.0 Å². The molecule has 1 unspecified atom stereocenters. The van der Waals surface area contributed by atoms with E-state index in [9.17, 15) is 9.18 Å². The Balaban J connectivity index is 1.66. The molecule has 1 aliphatic heterocycles. The first-order chi connectivity index (χ1) is 16.5. The number of halogens is 2. The number of aromatic nitrogens is 2. The van der Waals surface area contributed by atoms with Gasteiger partial charge in [0.1, 0.15) is 11.6 Å². The number of urea groups is 1. The smallest absolute Gasteiger partial charge is 0.326 e. The molecule has 2 amide bonds. The van der Waals surface area contributed by atoms with Gasteiger partial charge in [-0.2, -0.15) is 4.98 Å². The zero-order valence-corrected chi connectivity index (χ0v) is 19.7. The Bertz CT molecular complexity index is 1390. The van der Waals surface area contributed by atoms with Crippen molar-refractivity contribution in [2.45, 2.75) is 13.0 Å². The number of carbonyl (C=O) groups is 1. The van der Waals surface area contributed by atoms with E-state index in [4.69, 9.17) is 20.9 Å². The lowest BCUT2D eigenvalue weighted by Gasteiger charge is -2.35. The van der Waals surface area contributed by atoms with Crippen LogP contribution in [0.15, 0.2) is 70.2 Å². The first-order valence-corrected chi connectivity index (χ1v) is 11.5. The third-order valence-electron chi connectivity index (χ3n) is 5.48. The highest BCUT2D eigenvalue weighted by atomic mass is 35.5. The number of anilines is 1. The highest BCUT2D eigenvalue weighted by Crippen LogP contribution is 2.40. The fourth-order valence-corrected chi connectivity index (χ4v) is 4.77. The van der Waals surface area contributed by atoms with Crippen molar-refractivity contribution in [1.82, 2.24) is 15.5 Å². The topological polar surface area (TPSA) is 80.5 Å². The van der Waals surface area contributed by atoms with E-state index in [-0.39, 0.29) is 17.7 Å². The van der Waals surface area contributed by atoms with Crippen LogP contribution in [0.25, 0.3) is 16.3 Å². The van der Waals surface area contributed by atoms with Crippen molar-refractivity contribution >= 4 is 40.2 Å². The normalized spacial score (nSPS) is 16.1. The van der Waals surface area contributed by atoms with Gasteiger partial charge >= 0.3 is 6.03 Å². The molecule has 1 N–H and O–H groups in total. The van der Waals surface area contributed by atoms with Crippen molar-refractivity contribution in [3.8, 4) is 16.5 Å². The molecule has 0 aliphatic carbocycles. The van der Waals surface area contributed by atoms with Gasteiger partial charge in [-0.1, -0.05) is 35.0 Å². The standard InChI is InChI=1S/C24H18ClFN4O3S/c1-13-20(23-28-22(29-33-23)19-4-3-11-34-19)21(14-5-7-15(26)8-6-14)27-24(31)30(13)16-9-10-18(32-2)17(25)12-16/h3-12,21H,1-2H3,(H,27,31). The predicted molar refractivity (Wildman–Crippen MR) is 128 cm³/mol. The second-order valence-electron chi connectivity index (χ2n) is 7.49. The second-order valence-corrected chi connectivity index (χ2v) is 8.84. The number of amides is 2. The quantitative estimate of drug-likeness (QED) is 0.350. The molecule has 2 aromatic carbocycles. The molecule has 5 rings (SSSR count). The second kappa shape index (κ2) is 8.92. The number of nitrogens with zero attached hydrogens (tertiary/aromatic N) is 3. The van der Waals surface area contributed by atoms with E-state index in [0.717, 1.165) is 4.88 Å². The largest absolute Gasteiger partial charge is 0.495 e. The van der Waals surface area contributed by atoms with Gasteiger partial charge in [0.25, 0.3) is 5.89 Å². The monoisotopic (exact) mass is 496 g/mol. The molecular weight excluding hydrogens is 479 g/mol. The van der Waals surface area contributed by atoms with Crippen molar-refractivity contribution in [3.63, 3.8) is 0 Å². The van der Waals surface area contributed by atoms with Crippen molar-refractivity contribution in [2.24, 2.45) is 0 Å². The maximum atomic E-state index is 13.6. The van der Waals surface area contributed by atoms with Crippen LogP contribution in [0.5, 0.6) is 5.75 Å². The zero-order chi connectivity index (χ0) is 23.8. The van der Waals surface area contributed by atoms with Gasteiger partial charge < -0.3 is 14.6 Å². The van der Waals surface area contributed by atoms with E-state index >= 15 is 0 Å². The third kappa shape index (κ3) is 3.93. The number of hydrogen-bond donors (Lipinski definition) is 1. The van der Waals surface area contributed by atoms with Crippen LogP contribution in [0.3, 0.4) is 0 Å². The molecule has 2 aromatic heterocycles. The lowest BCUT2D eigenvalue weighted by molar-refractivity contribution is 0.244. The first-order valence-electron chi connectivity index (χ1n) is 10.2. The summed E-state index contributed by atoms with van der Waals surface area (Å²) in [5.41, 5.74) is 2.37. The molecule has 3 heterocycles. The number of rotatable bonds is 5. The van der Waals surface area contributed by atoms with E-state index in [1.54, 1.807) is 37.3 Å². The summed E-state index contributed by atoms with van der Waals surface area (Å²) in [6.45, 7) is 1.79. The van der Waals surface area contributed by atoms with Gasteiger partial charge in [0, 0.05) is 5.70 Å². The number of allylic oxidation sites excluding steroid dienone is 1. The Labute approximate surface area is 203 Å². The molecule has 0 saturated heterocycles. The molecule has 0 radical (unpaired) electrons. The average Bonchev–Trinajstić information content (AvgIpc) is 3.52. The number of thiophene rings is 1. The number of benzene rings is 2. The molecule has 34 heavy (non-hydrogen) atoms. The number of hydrogen-bond acceptors (Lipinski definition) is 6. The first kappa shape index (κ1) is 22.1. The van der Waals surface area contributed by atoms with Gasteiger partial charge in [-0.15, -0.1) is 11.3 Å². The molecule has 0 bridgehead atoms. The van der Waals surface area contributed by atoms with Crippen LogP contribution in [0.4, 0.5) is 14.9 Å². The average molecular weight is 497 g/mol. The Morgan fingerprint density at radius 1 is 1.21 bits per heavy atom. The molecule has 1 aliphatic rings. The van der Waals surface area contributed by atoms with Gasteiger partial charge in [-0.3, -0.25) is 4.90 Å². The van der Waals surface area contributed by atoms with E-state index in [2.05, 4.69) is 15.5 Å². The third-order valence-corrected chi connectivity index (χ3v) is 6.64. The van der Waals surface area contributed by atoms with Crippen LogP contribution >= 0.6 is 22.9 Å². The summed E-state index contributed by atoms with van der Waals surface area (Å²) in [5.74, 6) is 0.811. The van der Waals surface area contributed by atoms with Crippen molar-refractivity contribution in [2.75, 3.05) is 12.0 Å². The molecule has 0 saturated carbocycles. The fraction of sp³-hybridized carbons (Fsp3) is 0.125. The van der Waals surface area contributed by atoms with Gasteiger partial charge in [0.05, 0.1) is 34.3 Å². The van der Waals surface area contributed by atoms with E-state index in [0.29, 0.717) is 39.1 Å². The van der Waals surface area contributed by atoms with Crippen LogP contribution < -0.4 is 15.0 Å². The Hall–Kier alpha value is -3.69. The van der Waals surface area contributed by atoms with Crippen molar-refractivity contribution < 1.29 is 18.4 Å². The minimum Gasteiger partial charge on any atom is -0.495 e.